The van der Waals surface area contributed by atoms with E-state index < -0.39 is 17.8 Å². The molecule has 0 saturated heterocycles. The molecule has 0 spiro atoms. The van der Waals surface area contributed by atoms with Gasteiger partial charge in [0.05, 0.1) is 12.1 Å². The van der Waals surface area contributed by atoms with Crippen molar-refractivity contribution in [3.05, 3.63) is 65.7 Å². The number of carbonyl (C=O) groups is 1. The highest BCUT2D eigenvalue weighted by Gasteiger charge is 2.31. The van der Waals surface area contributed by atoms with Gasteiger partial charge in [-0.15, -0.1) is 0 Å². The number of para-hydroxylation sites is 1. The first kappa shape index (κ1) is 20.3. The minimum Gasteiger partial charge on any atom is -0.481 e. The Morgan fingerprint density at radius 1 is 1.18 bits per heavy atom. The van der Waals surface area contributed by atoms with Crippen LogP contribution in [-0.4, -0.2) is 35.2 Å². The average molecular weight is 408 g/mol. The van der Waals surface area contributed by atoms with Crippen LogP contribution in [-0.2, 0) is 16.7 Å². The summed E-state index contributed by atoms with van der Waals surface area (Å²) in [5, 5.41) is 0.563. The van der Waals surface area contributed by atoms with Crippen LogP contribution in [0.4, 0.5) is 13.2 Å². The van der Waals surface area contributed by atoms with E-state index in [1.807, 2.05) is 18.2 Å². The second-order valence-corrected chi connectivity index (χ2v) is 7.15. The van der Waals surface area contributed by atoms with Gasteiger partial charge in [-0.2, -0.15) is 13.2 Å². The molecule has 2 aromatic rings. The van der Waals surface area contributed by atoms with Gasteiger partial charge in [0, 0.05) is 12.3 Å². The number of hydrogen-bond acceptors (Lipinski definition) is 4. The van der Waals surface area contributed by atoms with E-state index in [1.54, 1.807) is 24.0 Å². The maximum absolute atomic E-state index is 12.7. The van der Waals surface area contributed by atoms with Crippen LogP contribution in [0.5, 0.6) is 5.75 Å². The third-order valence-electron chi connectivity index (χ3n) is 4.12. The van der Waals surface area contributed by atoms with Gasteiger partial charge in [0.15, 0.2) is 11.3 Å². The number of amidine groups is 1. The number of nitrogens with zero attached hydrogens (tertiary/aromatic N) is 2. The lowest BCUT2D eigenvalue weighted by Gasteiger charge is -2.22. The number of alkyl halides is 3. The Hall–Kier alpha value is -2.48. The summed E-state index contributed by atoms with van der Waals surface area (Å²) in [6.07, 6.45) is -5.02. The van der Waals surface area contributed by atoms with Crippen LogP contribution in [0.15, 0.2) is 59.6 Å². The topological polar surface area (TPSA) is 41.9 Å². The van der Waals surface area contributed by atoms with Gasteiger partial charge in [-0.3, -0.25) is 14.7 Å². The second-order valence-electron chi connectivity index (χ2n) is 6.21. The lowest BCUT2D eigenvalue weighted by atomic mass is 10.1. The quantitative estimate of drug-likeness (QED) is 0.726. The summed E-state index contributed by atoms with van der Waals surface area (Å²) in [6, 6.07) is 14.1. The molecule has 0 N–H and O–H groups in total. The average Bonchev–Trinajstić information content (AvgIpc) is 3.14. The van der Waals surface area contributed by atoms with Crippen molar-refractivity contribution in [1.82, 2.24) is 4.90 Å². The fourth-order valence-corrected chi connectivity index (χ4v) is 3.67. The summed E-state index contributed by atoms with van der Waals surface area (Å²) in [7, 11) is 0. The van der Waals surface area contributed by atoms with E-state index in [9.17, 15) is 18.0 Å². The third kappa shape index (κ3) is 5.07. The van der Waals surface area contributed by atoms with Crippen LogP contribution in [0.2, 0.25) is 0 Å². The van der Waals surface area contributed by atoms with Crippen LogP contribution >= 0.6 is 11.8 Å². The summed E-state index contributed by atoms with van der Waals surface area (Å²) < 4.78 is 43.6. The van der Waals surface area contributed by atoms with Gasteiger partial charge in [0.25, 0.3) is 5.91 Å². The standard InChI is InChI=1S/C20H19F3N2O2S/c1-14(27-17-5-3-2-4-6-17)18(26)25-12-11-24-19(25)28-13-15-7-9-16(10-8-15)20(21,22)23/h2-10,14H,11-13H2,1H3/t14-/m0/s1. The van der Waals surface area contributed by atoms with Gasteiger partial charge in [-0.25, -0.2) is 0 Å². The van der Waals surface area contributed by atoms with Crippen LogP contribution in [0.3, 0.4) is 0 Å². The molecule has 1 aliphatic heterocycles. The molecule has 4 nitrogen and oxygen atoms in total. The Morgan fingerprint density at radius 2 is 1.86 bits per heavy atom. The number of carbonyl (C=O) groups excluding carboxylic acids is 1. The number of thioether (sulfide) groups is 1. The maximum Gasteiger partial charge on any atom is 0.416 e. The van der Waals surface area contributed by atoms with Crippen LogP contribution < -0.4 is 4.74 Å². The molecular weight excluding hydrogens is 389 g/mol. The van der Waals surface area contributed by atoms with Crippen molar-refractivity contribution < 1.29 is 22.7 Å². The molecular formula is C20H19F3N2O2S. The number of benzene rings is 2. The van der Waals surface area contributed by atoms with Crippen LogP contribution in [0, 0.1) is 0 Å². The fraction of sp³-hybridized carbons (Fsp3) is 0.300. The van der Waals surface area contributed by atoms with Gasteiger partial charge in [0.2, 0.25) is 0 Å². The number of amides is 1. The molecule has 0 unspecified atom stereocenters. The highest BCUT2D eigenvalue weighted by molar-refractivity contribution is 8.13. The SMILES string of the molecule is C[C@H](Oc1ccccc1)C(=O)N1CCN=C1SCc1ccc(C(F)(F)F)cc1. The van der Waals surface area contributed by atoms with Crippen molar-refractivity contribution in [1.29, 1.82) is 0 Å². The molecule has 3 rings (SSSR count). The molecule has 0 bridgehead atoms. The zero-order chi connectivity index (χ0) is 20.1. The van der Waals surface area contributed by atoms with Gasteiger partial charge in [-0.1, -0.05) is 42.1 Å². The summed E-state index contributed by atoms with van der Waals surface area (Å²) in [5.74, 6) is 0.841. The summed E-state index contributed by atoms with van der Waals surface area (Å²) in [6.45, 7) is 2.65. The molecule has 148 valence electrons. The molecule has 0 fully saturated rings. The van der Waals surface area contributed by atoms with Crippen molar-refractivity contribution in [3.63, 3.8) is 0 Å². The Labute approximate surface area is 165 Å². The molecule has 1 heterocycles. The normalized spacial score (nSPS) is 15.3. The zero-order valence-electron chi connectivity index (χ0n) is 15.1. The molecule has 0 saturated carbocycles. The molecule has 1 amide bonds. The minimum atomic E-state index is -4.35. The smallest absolute Gasteiger partial charge is 0.416 e. The van der Waals surface area contributed by atoms with E-state index in [1.165, 1.54) is 23.9 Å². The predicted octanol–water partition coefficient (Wildman–Crippen LogP) is 4.60. The monoisotopic (exact) mass is 408 g/mol. The van der Waals surface area contributed by atoms with E-state index >= 15 is 0 Å². The molecule has 8 heteroatoms. The Morgan fingerprint density at radius 3 is 2.50 bits per heavy atom. The van der Waals surface area contributed by atoms with E-state index in [-0.39, 0.29) is 5.91 Å². The molecule has 28 heavy (non-hydrogen) atoms. The van der Waals surface area contributed by atoms with Crippen LogP contribution in [0.1, 0.15) is 18.1 Å². The highest BCUT2D eigenvalue weighted by atomic mass is 32.2. The lowest BCUT2D eigenvalue weighted by molar-refractivity contribution is -0.137. The number of ether oxygens (including phenoxy) is 1. The van der Waals surface area contributed by atoms with E-state index in [2.05, 4.69) is 4.99 Å². The van der Waals surface area contributed by atoms with Gasteiger partial charge >= 0.3 is 6.18 Å². The van der Waals surface area contributed by atoms with Gasteiger partial charge in [-0.05, 0) is 36.8 Å². The number of hydrogen-bond donors (Lipinski definition) is 0. The van der Waals surface area contributed by atoms with Crippen molar-refractivity contribution in [2.75, 3.05) is 13.1 Å². The Balaban J connectivity index is 1.57. The second kappa shape index (κ2) is 8.68. The summed E-state index contributed by atoms with van der Waals surface area (Å²) >= 11 is 1.33. The first-order chi connectivity index (χ1) is 13.3. The first-order valence-corrected chi connectivity index (χ1v) is 9.69. The van der Waals surface area contributed by atoms with Crippen molar-refractivity contribution in [2.45, 2.75) is 25.0 Å². The molecule has 0 radical (unpaired) electrons. The molecule has 0 aromatic heterocycles. The fourth-order valence-electron chi connectivity index (χ4n) is 2.67. The molecule has 0 aliphatic carbocycles. The third-order valence-corrected chi connectivity index (χ3v) is 5.21. The minimum absolute atomic E-state index is 0.194. The first-order valence-electron chi connectivity index (χ1n) is 8.71. The van der Waals surface area contributed by atoms with Crippen molar-refractivity contribution in [2.24, 2.45) is 4.99 Å². The van der Waals surface area contributed by atoms with E-state index in [0.29, 0.717) is 29.8 Å². The summed E-state index contributed by atoms with van der Waals surface area (Å²) in [5.41, 5.74) is 0.0525. The van der Waals surface area contributed by atoms with Crippen molar-refractivity contribution in [3.8, 4) is 5.75 Å². The molecule has 1 aliphatic rings. The van der Waals surface area contributed by atoms with Crippen LogP contribution in [0.25, 0.3) is 0 Å². The molecule has 1 atom stereocenters. The predicted molar refractivity (Wildman–Crippen MR) is 103 cm³/mol. The maximum atomic E-state index is 12.7. The van der Waals surface area contributed by atoms with E-state index in [0.717, 1.165) is 17.7 Å². The van der Waals surface area contributed by atoms with E-state index in [4.69, 9.17) is 4.74 Å². The highest BCUT2D eigenvalue weighted by Crippen LogP contribution is 2.30. The molecule has 2 aromatic carbocycles. The Kier molecular flexibility index (Phi) is 6.28. The number of rotatable bonds is 5. The number of aliphatic imine (C=N–C) groups is 1. The van der Waals surface area contributed by atoms with Gasteiger partial charge < -0.3 is 4.74 Å². The zero-order valence-corrected chi connectivity index (χ0v) is 16.0. The largest absolute Gasteiger partial charge is 0.481 e. The van der Waals surface area contributed by atoms with Gasteiger partial charge in [0.1, 0.15) is 5.75 Å². The summed E-state index contributed by atoms with van der Waals surface area (Å²) in [4.78, 5) is 18.6. The lowest BCUT2D eigenvalue weighted by Crippen LogP contribution is -2.41. The van der Waals surface area contributed by atoms with Crippen molar-refractivity contribution >= 4 is 22.8 Å². The number of halogens is 3. The Bertz CT molecular complexity index is 839.